The van der Waals surface area contributed by atoms with E-state index in [0.717, 1.165) is 92.6 Å². The molecule has 0 bridgehead atoms. The van der Waals surface area contributed by atoms with Crippen molar-refractivity contribution in [2.24, 2.45) is 23.2 Å². The summed E-state index contributed by atoms with van der Waals surface area (Å²) in [5.41, 5.74) is 7.00. The summed E-state index contributed by atoms with van der Waals surface area (Å²) < 4.78 is 40.5. The predicted molar refractivity (Wildman–Crippen MR) is 328 cm³/mol. The van der Waals surface area contributed by atoms with Crippen LogP contribution in [0.1, 0.15) is 107 Å². The number of hydrogen-bond donors (Lipinski definition) is 3. The highest BCUT2D eigenvalue weighted by atomic mass is 35.5. The van der Waals surface area contributed by atoms with Gasteiger partial charge in [0.05, 0.1) is 40.0 Å². The highest BCUT2D eigenvalue weighted by Crippen LogP contribution is 2.44. The molecule has 2 unspecified atom stereocenters. The molecule has 3 N–H and O–H groups in total. The van der Waals surface area contributed by atoms with Gasteiger partial charge < -0.3 is 29.6 Å². The molecule has 5 heterocycles. The summed E-state index contributed by atoms with van der Waals surface area (Å²) in [6.45, 7) is 12.2. The van der Waals surface area contributed by atoms with E-state index in [2.05, 4.69) is 61.3 Å². The van der Waals surface area contributed by atoms with Gasteiger partial charge in [0.25, 0.3) is 5.69 Å². The molecule has 2 aromatic heterocycles. The van der Waals surface area contributed by atoms with Crippen LogP contribution >= 0.6 is 11.6 Å². The van der Waals surface area contributed by atoms with E-state index in [-0.39, 0.29) is 57.6 Å². The van der Waals surface area contributed by atoms with Crippen LogP contribution in [0.15, 0.2) is 114 Å². The zero-order valence-electron chi connectivity index (χ0n) is 48.4. The predicted octanol–water partition coefficient (Wildman–Crippen LogP) is 10.2. The van der Waals surface area contributed by atoms with Crippen molar-refractivity contribution < 1.29 is 46.8 Å². The molecule has 5 aliphatic rings. The molecule has 2 amide bonds. The number of ketones is 3. The van der Waals surface area contributed by atoms with Gasteiger partial charge in [0.1, 0.15) is 28.6 Å². The summed E-state index contributed by atoms with van der Waals surface area (Å²) in [5.74, 6) is -4.64. The highest BCUT2D eigenvalue weighted by Gasteiger charge is 2.48. The minimum absolute atomic E-state index is 0.0464. The average molecular weight is 1210 g/mol. The number of Topliss-reactive ketones (excluding diaryl/α,β-unsaturated/α-hetero) is 3. The number of aromatic nitrogens is 2. The zero-order valence-corrected chi connectivity index (χ0v) is 50.0. The zero-order chi connectivity index (χ0) is 60.3. The molecule has 450 valence electrons. The first kappa shape index (κ1) is 60.1. The van der Waals surface area contributed by atoms with Gasteiger partial charge in [0.2, 0.25) is 11.8 Å². The highest BCUT2D eigenvalue weighted by molar-refractivity contribution is 7.92. The van der Waals surface area contributed by atoms with Crippen molar-refractivity contribution in [3.63, 3.8) is 0 Å². The maximum atomic E-state index is 14.3. The summed E-state index contributed by atoms with van der Waals surface area (Å²) in [5, 5.41) is 19.5. The molecule has 4 aromatic carbocycles. The minimum atomic E-state index is -4.39. The number of aryl methyl sites for hydroxylation is 1. The topological polar surface area (TPSA) is 244 Å². The van der Waals surface area contributed by atoms with Crippen LogP contribution in [0, 0.1) is 33.3 Å². The van der Waals surface area contributed by atoms with Crippen molar-refractivity contribution in [3.8, 4) is 11.5 Å². The quantitative estimate of drug-likeness (QED) is 0.0143. The molecule has 6 aromatic rings. The number of piperidine rings is 2. The number of nitro benzene ring substituents is 1. The third-order valence-electron chi connectivity index (χ3n) is 17.7. The molecular weight excluding hydrogens is 1140 g/mol. The van der Waals surface area contributed by atoms with E-state index in [1.165, 1.54) is 35.0 Å². The Labute approximate surface area is 504 Å². The third kappa shape index (κ3) is 13.6. The van der Waals surface area contributed by atoms with Gasteiger partial charge in [-0.2, -0.15) is 0 Å². The maximum Gasteiger partial charge on any atom is 0.293 e. The first-order chi connectivity index (χ1) is 41.4. The normalized spacial score (nSPS) is 19.7. The number of rotatable bonds is 22. The first-order valence-corrected chi connectivity index (χ1v) is 31.7. The van der Waals surface area contributed by atoms with Gasteiger partial charge in [0, 0.05) is 104 Å². The summed E-state index contributed by atoms with van der Waals surface area (Å²) in [6, 6.07) is 25.9. The molecule has 0 spiro atoms. The summed E-state index contributed by atoms with van der Waals surface area (Å²) in [7, 11) is -4.39. The molecule has 3 fully saturated rings. The van der Waals surface area contributed by atoms with E-state index < -0.39 is 55.6 Å². The Kier molecular flexibility index (Phi) is 18.0. The summed E-state index contributed by atoms with van der Waals surface area (Å²) >= 11 is 6.27. The number of amides is 2. The van der Waals surface area contributed by atoms with Crippen LogP contribution in [0.5, 0.6) is 11.5 Å². The molecule has 86 heavy (non-hydrogen) atoms. The number of halogens is 1. The number of sulfone groups is 1. The number of hydrogen-bond acceptors (Lipinski definition) is 16. The molecule has 11 rings (SSSR count). The van der Waals surface area contributed by atoms with Crippen LogP contribution in [0.2, 0.25) is 5.02 Å². The van der Waals surface area contributed by atoms with Crippen molar-refractivity contribution in [2.45, 2.75) is 76.5 Å². The number of nitro groups is 1. The lowest BCUT2D eigenvalue weighted by atomic mass is 9.72. The molecular formula is C65H71ClN8O11S. The molecule has 2 atom stereocenters. The SMILES string of the molecule is CC1(C)CCC(CN2CCN(c3ccc(C(=O)CS(=O)(=O)c4ccc(NCC5CCN(CCOCCCc6cccc7c6C(=O)C(C6CCC(=O)NC6=O)C7=O)CC5)c([N+](=O)[O-])c4)c(Oc4cnc5[nH]ccc5c4)c3)CC2)=C(c2ccc(Cl)cc2)C1. The number of aromatic amines is 1. The van der Waals surface area contributed by atoms with E-state index >= 15 is 0 Å². The number of allylic oxidation sites excluding steroid dienone is 1. The Hall–Kier alpha value is -7.62. The van der Waals surface area contributed by atoms with Crippen molar-refractivity contribution in [2.75, 3.05) is 88.1 Å². The van der Waals surface area contributed by atoms with Crippen molar-refractivity contribution in [1.29, 1.82) is 0 Å². The average Bonchev–Trinajstić information content (AvgIpc) is 2.05. The standard InChI is InChI=1S/C65H71ClN8O11S/c1-65(2)22-18-45(53(36-65)42-8-10-46(66)11-9-42)39-72-26-28-73(29-27-72)47-12-14-50(57(34-47)85-48-33-44-19-23-67-63(44)69-38-48)56(75)40-86(82,83)49-13-16-54(55(35-49)74(80)81)68-37-41-20-24-71(25-21-41)30-32-84-31-4-6-43-5-3-7-51-59(43)62(78)60(61(51)77)52-15-17-58(76)70-64(52)79/h3,5,7-14,16,19,23,33-35,38,41,52,60,68H,4,6,15,17-18,20-22,24-32,36-37,39-40H2,1-2H3,(H,67,69)(H,70,76,79). The number of anilines is 2. The smallest absolute Gasteiger partial charge is 0.293 e. The van der Waals surface area contributed by atoms with E-state index in [4.69, 9.17) is 21.1 Å². The van der Waals surface area contributed by atoms with E-state index in [1.807, 2.05) is 30.3 Å². The minimum Gasteiger partial charge on any atom is -0.455 e. The number of fused-ring (bicyclic) bond motifs is 2. The van der Waals surface area contributed by atoms with Gasteiger partial charge in [-0.15, -0.1) is 0 Å². The molecule has 21 heteroatoms. The molecule has 2 aliphatic carbocycles. The van der Waals surface area contributed by atoms with Gasteiger partial charge in [-0.05, 0) is 141 Å². The van der Waals surface area contributed by atoms with Gasteiger partial charge >= 0.3 is 0 Å². The number of benzene rings is 4. The van der Waals surface area contributed by atoms with Crippen LogP contribution in [0.3, 0.4) is 0 Å². The van der Waals surface area contributed by atoms with Gasteiger partial charge in [-0.1, -0.05) is 61.4 Å². The largest absolute Gasteiger partial charge is 0.455 e. The molecule has 3 aliphatic heterocycles. The fourth-order valence-corrected chi connectivity index (χ4v) is 14.2. The number of H-pyrrole nitrogens is 1. The lowest BCUT2D eigenvalue weighted by molar-refractivity contribution is -0.384. The number of nitrogens with zero attached hydrogens (tertiary/aromatic N) is 5. The van der Waals surface area contributed by atoms with Crippen LogP contribution < -0.4 is 20.3 Å². The first-order valence-electron chi connectivity index (χ1n) is 29.7. The van der Waals surface area contributed by atoms with Crippen LogP contribution in [-0.4, -0.2) is 140 Å². The van der Waals surface area contributed by atoms with Crippen LogP contribution in [0.25, 0.3) is 16.6 Å². The Morgan fingerprint density at radius 1 is 0.884 bits per heavy atom. The van der Waals surface area contributed by atoms with Gasteiger partial charge in [0.15, 0.2) is 27.2 Å². The Bertz CT molecular complexity index is 3750. The van der Waals surface area contributed by atoms with Gasteiger partial charge in [-0.25, -0.2) is 13.4 Å². The third-order valence-corrected chi connectivity index (χ3v) is 19.6. The number of piperazine rings is 1. The molecule has 3 saturated heterocycles. The lowest BCUT2D eigenvalue weighted by Gasteiger charge is -2.39. The van der Waals surface area contributed by atoms with Crippen molar-refractivity contribution in [1.82, 2.24) is 25.1 Å². The fourth-order valence-electron chi connectivity index (χ4n) is 12.8. The van der Waals surface area contributed by atoms with Crippen molar-refractivity contribution >= 4 is 84.3 Å². The second-order valence-corrected chi connectivity index (χ2v) is 26.6. The number of ether oxygens (including phenoxy) is 2. The number of carbonyl (C=O) groups is 5. The second-order valence-electron chi connectivity index (χ2n) is 24.2. The molecule has 0 saturated carbocycles. The second kappa shape index (κ2) is 25.8. The van der Waals surface area contributed by atoms with Crippen LogP contribution in [0.4, 0.5) is 17.1 Å². The summed E-state index contributed by atoms with van der Waals surface area (Å²) in [6.07, 6.45) is 9.50. The monoisotopic (exact) mass is 1210 g/mol. The van der Waals surface area contributed by atoms with E-state index in [0.29, 0.717) is 74.8 Å². The van der Waals surface area contributed by atoms with E-state index in [1.54, 1.807) is 36.5 Å². The number of imide groups is 1. The fraction of sp³-hybridized carbons (Fsp3) is 0.415. The van der Waals surface area contributed by atoms with E-state index in [9.17, 15) is 42.5 Å². The number of carbonyl (C=O) groups excluding carboxylic acids is 5. The van der Waals surface area contributed by atoms with Gasteiger partial charge in [-0.3, -0.25) is 44.3 Å². The maximum absolute atomic E-state index is 14.3. The molecule has 0 radical (unpaired) electrons. The Morgan fingerprint density at radius 2 is 1.67 bits per heavy atom. The number of nitrogens with one attached hydrogen (secondary N) is 3. The summed E-state index contributed by atoms with van der Waals surface area (Å²) in [4.78, 5) is 91.4. The molecule has 19 nitrogen and oxygen atoms in total. The van der Waals surface area contributed by atoms with Crippen molar-refractivity contribution in [3.05, 3.63) is 152 Å². The number of likely N-dealkylation sites (tertiary alicyclic amines) is 1. The Balaban J connectivity index is 0.670. The Morgan fingerprint density at radius 3 is 2.44 bits per heavy atom. The lowest BCUT2D eigenvalue weighted by Crippen LogP contribution is -2.47. The number of pyridine rings is 1. The van der Waals surface area contributed by atoms with Crippen LogP contribution in [-0.2, 0) is 30.6 Å².